The van der Waals surface area contributed by atoms with Gasteiger partial charge in [-0.05, 0) is 44.4 Å². The number of thiazole rings is 1. The van der Waals surface area contributed by atoms with Gasteiger partial charge in [0.15, 0.2) is 16.6 Å². The largest absolute Gasteiger partial charge is 0.573 e. The third-order valence-corrected chi connectivity index (χ3v) is 5.49. The Morgan fingerprint density at radius 1 is 1.13 bits per heavy atom. The number of carbonyl (C=O) groups excluding carboxylic acids is 1. The van der Waals surface area contributed by atoms with Gasteiger partial charge in [0.2, 0.25) is 6.79 Å². The van der Waals surface area contributed by atoms with E-state index in [1.165, 1.54) is 23.1 Å². The number of anilines is 1. The third-order valence-electron chi connectivity index (χ3n) is 4.45. The first kappa shape index (κ1) is 21.2. The molecule has 0 aliphatic carbocycles. The van der Waals surface area contributed by atoms with Crippen LogP contribution in [0.3, 0.4) is 0 Å². The summed E-state index contributed by atoms with van der Waals surface area (Å²) < 4.78 is 52.7. The molecule has 0 saturated carbocycles. The average molecular weight is 453 g/mol. The predicted octanol–water partition coefficient (Wildman–Crippen LogP) is 4.13. The number of halogens is 3. The lowest BCUT2D eigenvalue weighted by Gasteiger charge is -2.22. The Balaban J connectivity index is 1.66. The van der Waals surface area contributed by atoms with Gasteiger partial charge in [-0.1, -0.05) is 11.3 Å². The monoisotopic (exact) mass is 453 g/mol. The molecule has 2 aromatic carbocycles. The third kappa shape index (κ3) is 4.83. The van der Waals surface area contributed by atoms with E-state index in [4.69, 9.17) is 9.47 Å². The molecule has 0 saturated heterocycles. The van der Waals surface area contributed by atoms with Crippen molar-refractivity contribution in [3.63, 3.8) is 0 Å². The lowest BCUT2D eigenvalue weighted by atomic mass is 10.2. The SMILES string of the molecule is CN(C)CCN(C(=O)c1ccc2c(c1)OCO2)c1nc2ccc(OC(F)(F)F)cc2s1. The van der Waals surface area contributed by atoms with E-state index in [1.54, 1.807) is 18.2 Å². The van der Waals surface area contributed by atoms with Gasteiger partial charge in [-0.15, -0.1) is 13.2 Å². The molecule has 4 rings (SSSR count). The minimum Gasteiger partial charge on any atom is -0.454 e. The summed E-state index contributed by atoms with van der Waals surface area (Å²) in [6.07, 6.45) is -4.78. The van der Waals surface area contributed by atoms with Gasteiger partial charge in [-0.2, -0.15) is 0 Å². The molecule has 0 radical (unpaired) electrons. The predicted molar refractivity (Wildman–Crippen MR) is 109 cm³/mol. The molecule has 164 valence electrons. The maximum absolute atomic E-state index is 13.3. The van der Waals surface area contributed by atoms with Gasteiger partial charge in [-0.25, -0.2) is 4.98 Å². The fraction of sp³-hybridized carbons (Fsp3) is 0.300. The summed E-state index contributed by atoms with van der Waals surface area (Å²) in [7, 11) is 3.75. The Hall–Kier alpha value is -3.05. The van der Waals surface area contributed by atoms with Crippen LogP contribution in [0.4, 0.5) is 18.3 Å². The van der Waals surface area contributed by atoms with E-state index in [0.717, 1.165) is 11.3 Å². The van der Waals surface area contributed by atoms with Crippen LogP contribution < -0.4 is 19.1 Å². The highest BCUT2D eigenvalue weighted by molar-refractivity contribution is 7.22. The van der Waals surface area contributed by atoms with Gasteiger partial charge < -0.3 is 19.1 Å². The second-order valence-corrected chi connectivity index (χ2v) is 8.01. The van der Waals surface area contributed by atoms with Gasteiger partial charge in [0, 0.05) is 24.7 Å². The fourth-order valence-corrected chi connectivity index (χ4v) is 3.99. The minimum atomic E-state index is -4.78. The van der Waals surface area contributed by atoms with E-state index in [-0.39, 0.29) is 18.4 Å². The van der Waals surface area contributed by atoms with Gasteiger partial charge >= 0.3 is 6.36 Å². The van der Waals surface area contributed by atoms with Crippen molar-refractivity contribution in [1.29, 1.82) is 0 Å². The fourth-order valence-electron chi connectivity index (χ4n) is 2.97. The van der Waals surface area contributed by atoms with Crippen molar-refractivity contribution in [2.75, 3.05) is 38.9 Å². The van der Waals surface area contributed by atoms with Crippen LogP contribution in [0.2, 0.25) is 0 Å². The Labute approximate surface area is 179 Å². The number of benzene rings is 2. The molecule has 0 bridgehead atoms. The molecule has 1 amide bonds. The number of carbonyl (C=O) groups is 1. The minimum absolute atomic E-state index is 0.0948. The van der Waals surface area contributed by atoms with Crippen LogP contribution in [0.25, 0.3) is 10.2 Å². The smallest absolute Gasteiger partial charge is 0.454 e. The summed E-state index contributed by atoms with van der Waals surface area (Å²) in [6.45, 7) is 0.998. The number of hydrogen-bond acceptors (Lipinski definition) is 7. The van der Waals surface area contributed by atoms with Gasteiger partial charge in [0.05, 0.1) is 10.2 Å². The highest BCUT2D eigenvalue weighted by Gasteiger charge is 2.31. The van der Waals surface area contributed by atoms with Crippen molar-refractivity contribution in [2.24, 2.45) is 0 Å². The van der Waals surface area contributed by atoms with Crippen LogP contribution >= 0.6 is 11.3 Å². The molecular weight excluding hydrogens is 435 g/mol. The molecule has 0 spiro atoms. The molecular formula is C20H18F3N3O4S. The zero-order valence-corrected chi connectivity index (χ0v) is 17.4. The van der Waals surface area contributed by atoms with Crippen LogP contribution in [0.15, 0.2) is 36.4 Å². The summed E-state index contributed by atoms with van der Waals surface area (Å²) >= 11 is 1.12. The molecule has 0 fully saturated rings. The summed E-state index contributed by atoms with van der Waals surface area (Å²) in [4.78, 5) is 21.2. The summed E-state index contributed by atoms with van der Waals surface area (Å²) in [5, 5.41) is 0.378. The highest BCUT2D eigenvalue weighted by Crippen LogP contribution is 2.36. The van der Waals surface area contributed by atoms with Crippen LogP contribution in [0.5, 0.6) is 17.2 Å². The number of rotatable bonds is 6. The van der Waals surface area contributed by atoms with Crippen molar-refractivity contribution < 1.29 is 32.2 Å². The normalized spacial score (nSPS) is 13.1. The van der Waals surface area contributed by atoms with Gasteiger partial charge in [0.1, 0.15) is 5.75 Å². The zero-order chi connectivity index (χ0) is 22.2. The maximum Gasteiger partial charge on any atom is 0.573 e. The van der Waals surface area contributed by atoms with Crippen molar-refractivity contribution in [2.45, 2.75) is 6.36 Å². The Morgan fingerprint density at radius 2 is 1.90 bits per heavy atom. The molecule has 7 nitrogen and oxygen atoms in total. The first-order chi connectivity index (χ1) is 14.7. The molecule has 1 aliphatic rings. The number of nitrogens with zero attached hydrogens (tertiary/aromatic N) is 3. The first-order valence-electron chi connectivity index (χ1n) is 9.22. The van der Waals surface area contributed by atoms with E-state index in [1.807, 2.05) is 19.0 Å². The second-order valence-electron chi connectivity index (χ2n) is 7.00. The van der Waals surface area contributed by atoms with Crippen molar-refractivity contribution in [1.82, 2.24) is 9.88 Å². The topological polar surface area (TPSA) is 64.1 Å². The molecule has 1 aromatic heterocycles. The van der Waals surface area contributed by atoms with Crippen LogP contribution in [-0.4, -0.2) is 56.1 Å². The van der Waals surface area contributed by atoms with Gasteiger partial charge in [0.25, 0.3) is 5.91 Å². The number of fused-ring (bicyclic) bond motifs is 2. The maximum atomic E-state index is 13.3. The number of aromatic nitrogens is 1. The summed E-state index contributed by atoms with van der Waals surface area (Å²) in [5.41, 5.74) is 0.867. The number of amides is 1. The Morgan fingerprint density at radius 3 is 2.65 bits per heavy atom. The van der Waals surface area contributed by atoms with Gasteiger partial charge in [-0.3, -0.25) is 9.69 Å². The Bertz CT molecular complexity index is 1120. The highest BCUT2D eigenvalue weighted by atomic mass is 32.1. The van der Waals surface area contributed by atoms with E-state index in [0.29, 0.717) is 45.5 Å². The Kier molecular flexibility index (Phi) is 5.63. The molecule has 11 heteroatoms. The van der Waals surface area contributed by atoms with E-state index < -0.39 is 6.36 Å². The van der Waals surface area contributed by atoms with E-state index in [9.17, 15) is 18.0 Å². The standard InChI is InChI=1S/C20H18F3N3O4S/c1-25(2)7-8-26(18(27)12-3-6-15-16(9-12)29-11-28-15)19-24-14-5-4-13(10-17(14)31-19)30-20(21,22)23/h3-6,9-10H,7-8,11H2,1-2H3. The van der Waals surface area contributed by atoms with Crippen molar-refractivity contribution >= 4 is 32.6 Å². The molecule has 3 aromatic rings. The quantitative estimate of drug-likeness (QED) is 0.559. The van der Waals surface area contributed by atoms with Crippen LogP contribution in [0, 0.1) is 0 Å². The lowest BCUT2D eigenvalue weighted by molar-refractivity contribution is -0.274. The summed E-state index contributed by atoms with van der Waals surface area (Å²) in [6, 6.07) is 8.81. The zero-order valence-electron chi connectivity index (χ0n) is 16.6. The molecule has 1 aliphatic heterocycles. The average Bonchev–Trinajstić information content (AvgIpc) is 3.32. The first-order valence-corrected chi connectivity index (χ1v) is 10.0. The second kappa shape index (κ2) is 8.23. The molecule has 0 unspecified atom stereocenters. The molecule has 2 heterocycles. The summed E-state index contributed by atoms with van der Waals surface area (Å²) in [5.74, 6) is 0.410. The van der Waals surface area contributed by atoms with E-state index >= 15 is 0 Å². The number of ether oxygens (including phenoxy) is 3. The molecule has 0 N–H and O–H groups in total. The molecule has 0 atom stereocenters. The van der Waals surface area contributed by atoms with Crippen LogP contribution in [0.1, 0.15) is 10.4 Å². The number of hydrogen-bond donors (Lipinski definition) is 0. The van der Waals surface area contributed by atoms with Crippen molar-refractivity contribution in [3.8, 4) is 17.2 Å². The van der Waals surface area contributed by atoms with Crippen molar-refractivity contribution in [3.05, 3.63) is 42.0 Å². The number of alkyl halides is 3. The lowest BCUT2D eigenvalue weighted by Crippen LogP contribution is -2.36. The van der Waals surface area contributed by atoms with Crippen LogP contribution in [-0.2, 0) is 0 Å². The molecule has 31 heavy (non-hydrogen) atoms. The van der Waals surface area contributed by atoms with E-state index in [2.05, 4.69) is 9.72 Å². The number of likely N-dealkylation sites (N-methyl/N-ethyl adjacent to an activating group) is 1.